The van der Waals surface area contributed by atoms with Gasteiger partial charge in [0.1, 0.15) is 5.60 Å². The summed E-state index contributed by atoms with van der Waals surface area (Å²) < 4.78 is 12.6. The highest BCUT2D eigenvalue weighted by Crippen LogP contribution is 2.45. The lowest BCUT2D eigenvalue weighted by Gasteiger charge is -2.33. The Bertz CT molecular complexity index is 1450. The highest BCUT2D eigenvalue weighted by molar-refractivity contribution is 9.10. The number of ether oxygens (including phenoxy) is 2. The van der Waals surface area contributed by atoms with Crippen LogP contribution in [0.1, 0.15) is 38.2 Å². The molecule has 2 heterocycles. The van der Waals surface area contributed by atoms with Gasteiger partial charge in [0.25, 0.3) is 0 Å². The van der Waals surface area contributed by atoms with Gasteiger partial charge in [-0.05, 0) is 71.4 Å². The molecule has 38 heavy (non-hydrogen) atoms. The van der Waals surface area contributed by atoms with Crippen molar-refractivity contribution < 1.29 is 24.2 Å². The number of benzene rings is 2. The lowest BCUT2D eigenvalue weighted by atomic mass is 10.0. The van der Waals surface area contributed by atoms with E-state index < -0.39 is 17.8 Å². The molecule has 1 aliphatic carbocycles. The number of carboxylic acid groups (broad SMARTS) is 1. The fraction of sp³-hybridized carbons (Fsp3) is 0.346. The molecule has 0 atom stereocenters. The molecule has 12 heteroatoms. The maximum absolute atomic E-state index is 12.9. The summed E-state index contributed by atoms with van der Waals surface area (Å²) >= 11 is 5.44. The van der Waals surface area contributed by atoms with Crippen LogP contribution >= 0.6 is 27.3 Å². The van der Waals surface area contributed by atoms with E-state index in [-0.39, 0.29) is 19.7 Å². The first-order chi connectivity index (χ1) is 18.4. The van der Waals surface area contributed by atoms with Crippen LogP contribution in [-0.2, 0) is 16.0 Å². The third-order valence-electron chi connectivity index (χ3n) is 6.65. The molecular formula is C26H26BrN5O5S. The van der Waals surface area contributed by atoms with E-state index in [0.717, 1.165) is 49.0 Å². The number of H-pyrrole nitrogens is 1. The van der Waals surface area contributed by atoms with Gasteiger partial charge in [-0.2, -0.15) is 5.21 Å². The first-order valence-electron chi connectivity index (χ1n) is 12.3. The number of aromatic nitrogens is 4. The van der Waals surface area contributed by atoms with Crippen molar-refractivity contribution in [2.24, 2.45) is 0 Å². The van der Waals surface area contributed by atoms with Crippen LogP contribution in [-0.4, -0.2) is 61.6 Å². The van der Waals surface area contributed by atoms with Gasteiger partial charge in [-0.25, -0.2) is 9.59 Å². The van der Waals surface area contributed by atoms with Gasteiger partial charge in [-0.1, -0.05) is 30.3 Å². The van der Waals surface area contributed by atoms with Crippen LogP contribution in [0.2, 0.25) is 0 Å². The van der Waals surface area contributed by atoms with E-state index in [1.54, 1.807) is 23.2 Å². The number of carbonyl (C=O) groups excluding carboxylic acids is 1. The molecule has 198 valence electrons. The van der Waals surface area contributed by atoms with E-state index in [1.165, 1.54) is 0 Å². The maximum Gasteiger partial charge on any atom is 0.506 e. The van der Waals surface area contributed by atoms with Crippen molar-refractivity contribution >= 4 is 49.6 Å². The maximum atomic E-state index is 12.9. The summed E-state index contributed by atoms with van der Waals surface area (Å²) in [6, 6.07) is 13.9. The first kappa shape index (κ1) is 26.1. The number of hydrogen-bond donors (Lipinski definition) is 2. The Balaban J connectivity index is 1.47. The van der Waals surface area contributed by atoms with Crippen molar-refractivity contribution in [1.82, 2.24) is 25.5 Å². The second kappa shape index (κ2) is 11.1. The highest BCUT2D eigenvalue weighted by atomic mass is 79.9. The molecule has 1 fully saturated rings. The monoisotopic (exact) mass is 599 g/mol. The van der Waals surface area contributed by atoms with Gasteiger partial charge < -0.3 is 14.6 Å². The zero-order valence-corrected chi connectivity index (χ0v) is 23.0. The summed E-state index contributed by atoms with van der Waals surface area (Å²) in [5.74, 6) is 0.514. The van der Waals surface area contributed by atoms with E-state index in [0.29, 0.717) is 18.7 Å². The third-order valence-corrected chi connectivity index (χ3v) is 8.94. The first-order valence-corrected chi connectivity index (χ1v) is 13.9. The van der Waals surface area contributed by atoms with E-state index in [9.17, 15) is 14.7 Å². The van der Waals surface area contributed by atoms with Gasteiger partial charge in [0, 0.05) is 32.2 Å². The SMILES string of the molecule is CCOC(=O)N(Cc1ccc2sc(-c3ccccc3-c3nn[nH]n3)c(Br)c2c1)CC1(OC(=O)O)CCCC1. The number of nitrogens with zero attached hydrogens (tertiary/aromatic N) is 4. The molecule has 5 rings (SSSR count). The van der Waals surface area contributed by atoms with Crippen molar-refractivity contribution in [2.45, 2.75) is 44.8 Å². The predicted molar refractivity (Wildman–Crippen MR) is 146 cm³/mol. The Hall–Kier alpha value is -3.51. The molecule has 2 N–H and O–H groups in total. The second-order valence-corrected chi connectivity index (χ2v) is 11.0. The molecular weight excluding hydrogens is 574 g/mol. The molecule has 0 unspecified atom stereocenters. The number of amides is 1. The molecule has 10 nitrogen and oxygen atoms in total. The second-order valence-electron chi connectivity index (χ2n) is 9.17. The molecule has 1 amide bonds. The van der Waals surface area contributed by atoms with Crippen LogP contribution in [0.5, 0.6) is 0 Å². The molecule has 0 bridgehead atoms. The fourth-order valence-corrected chi connectivity index (χ4v) is 7.03. The molecule has 1 saturated carbocycles. The Morgan fingerprint density at radius 1 is 1.18 bits per heavy atom. The number of rotatable bonds is 8. The van der Waals surface area contributed by atoms with E-state index in [2.05, 4.69) is 36.6 Å². The van der Waals surface area contributed by atoms with Gasteiger partial charge in [0.2, 0.25) is 5.82 Å². The molecule has 0 spiro atoms. The Labute approximate surface area is 231 Å². The lowest BCUT2D eigenvalue weighted by molar-refractivity contribution is -0.0357. The summed E-state index contributed by atoms with van der Waals surface area (Å²) in [7, 11) is 0. The quantitative estimate of drug-likeness (QED) is 0.220. The van der Waals surface area contributed by atoms with Gasteiger partial charge >= 0.3 is 12.2 Å². The number of thiophene rings is 1. The van der Waals surface area contributed by atoms with Crippen molar-refractivity contribution in [2.75, 3.05) is 13.2 Å². The third kappa shape index (κ3) is 5.37. The van der Waals surface area contributed by atoms with Gasteiger partial charge in [0.15, 0.2) is 0 Å². The number of tetrazole rings is 1. The largest absolute Gasteiger partial charge is 0.506 e. The molecule has 2 aromatic carbocycles. The van der Waals surface area contributed by atoms with Gasteiger partial charge in [-0.3, -0.25) is 4.90 Å². The summed E-state index contributed by atoms with van der Waals surface area (Å²) in [5, 5.41) is 24.8. The number of aromatic amines is 1. The topological polar surface area (TPSA) is 131 Å². The minimum atomic E-state index is -1.33. The van der Waals surface area contributed by atoms with E-state index in [1.807, 2.05) is 42.5 Å². The predicted octanol–water partition coefficient (Wildman–Crippen LogP) is 6.48. The van der Waals surface area contributed by atoms with Crippen LogP contribution < -0.4 is 0 Å². The van der Waals surface area contributed by atoms with Crippen molar-refractivity contribution in [3.8, 4) is 21.8 Å². The summed E-state index contributed by atoms with van der Waals surface area (Å²) in [6.45, 7) is 2.37. The van der Waals surface area contributed by atoms with Crippen LogP contribution in [0.4, 0.5) is 9.59 Å². The zero-order chi connectivity index (χ0) is 26.7. The molecule has 1 aliphatic rings. The molecule has 0 saturated heterocycles. The van der Waals surface area contributed by atoms with Gasteiger partial charge in [-0.15, -0.1) is 21.5 Å². The van der Waals surface area contributed by atoms with E-state index >= 15 is 0 Å². The standard InChI is InChI=1S/C26H26BrN5O5S/c1-2-36-24(33)32(15-26(37-25(34)35)11-5-6-12-26)14-16-9-10-20-19(13-16)21(27)22(38-20)17-7-3-4-8-18(17)23-28-30-31-29-23/h3-4,7-10,13H,2,5-6,11-12,14-15H2,1H3,(H,34,35)(H,28,29,30,31). The Kier molecular flexibility index (Phi) is 7.61. The smallest absolute Gasteiger partial charge is 0.450 e. The molecule has 0 radical (unpaired) electrons. The normalized spacial score (nSPS) is 14.5. The number of carbonyl (C=O) groups is 2. The average Bonchev–Trinajstić information content (AvgIpc) is 3.65. The summed E-state index contributed by atoms with van der Waals surface area (Å²) in [5.41, 5.74) is 1.82. The number of fused-ring (bicyclic) bond motifs is 1. The molecule has 0 aliphatic heterocycles. The van der Waals surface area contributed by atoms with Crippen LogP contribution in [0.25, 0.3) is 31.9 Å². The fourth-order valence-electron chi connectivity index (χ4n) is 5.00. The number of halogens is 1. The molecule has 4 aromatic rings. The van der Waals surface area contributed by atoms with Crippen molar-refractivity contribution in [3.05, 3.63) is 52.5 Å². The number of hydrogen-bond acceptors (Lipinski definition) is 8. The zero-order valence-electron chi connectivity index (χ0n) is 20.6. The number of nitrogens with one attached hydrogen (secondary N) is 1. The van der Waals surface area contributed by atoms with Crippen molar-refractivity contribution in [1.29, 1.82) is 0 Å². The summed E-state index contributed by atoms with van der Waals surface area (Å²) in [6.07, 6.45) is 1.04. The minimum Gasteiger partial charge on any atom is -0.450 e. The minimum absolute atomic E-state index is 0.143. The average molecular weight is 600 g/mol. The lowest BCUT2D eigenvalue weighted by Crippen LogP contribution is -2.46. The van der Waals surface area contributed by atoms with Gasteiger partial charge in [0.05, 0.1) is 18.0 Å². The van der Waals surface area contributed by atoms with Crippen LogP contribution in [0.15, 0.2) is 46.9 Å². The van der Waals surface area contributed by atoms with E-state index in [4.69, 9.17) is 9.47 Å². The highest BCUT2D eigenvalue weighted by Gasteiger charge is 2.41. The van der Waals surface area contributed by atoms with Crippen LogP contribution in [0, 0.1) is 0 Å². The van der Waals surface area contributed by atoms with Crippen molar-refractivity contribution in [3.63, 3.8) is 0 Å². The molecule has 2 aromatic heterocycles. The Morgan fingerprint density at radius 2 is 1.95 bits per heavy atom. The Morgan fingerprint density at radius 3 is 2.63 bits per heavy atom. The van der Waals surface area contributed by atoms with Crippen LogP contribution in [0.3, 0.4) is 0 Å². The summed E-state index contributed by atoms with van der Waals surface area (Å²) in [4.78, 5) is 26.9.